The molecule has 0 aromatic carbocycles. The lowest BCUT2D eigenvalue weighted by molar-refractivity contribution is -0.0252. The lowest BCUT2D eigenvalue weighted by atomic mass is 9.79. The molecule has 0 spiro atoms. The van der Waals surface area contributed by atoms with Crippen molar-refractivity contribution < 1.29 is 9.15 Å². The molecule has 1 N–H and O–H groups in total. The highest BCUT2D eigenvalue weighted by atomic mass is 16.5. The van der Waals surface area contributed by atoms with E-state index in [0.29, 0.717) is 12.0 Å². The summed E-state index contributed by atoms with van der Waals surface area (Å²) >= 11 is 0. The van der Waals surface area contributed by atoms with Crippen LogP contribution in [0.15, 0.2) is 10.6 Å². The number of ether oxygens (including phenoxy) is 1. The Kier molecular flexibility index (Phi) is 5.40. The molecule has 0 saturated heterocycles. The van der Waals surface area contributed by atoms with Gasteiger partial charge in [-0.1, -0.05) is 6.92 Å². The Morgan fingerprint density at radius 2 is 2.26 bits per heavy atom. The lowest BCUT2D eigenvalue weighted by Crippen LogP contribution is -2.32. The molecule has 1 heterocycles. The van der Waals surface area contributed by atoms with Crippen LogP contribution < -0.4 is 5.32 Å². The van der Waals surface area contributed by atoms with E-state index >= 15 is 0 Å². The van der Waals surface area contributed by atoms with E-state index in [1.807, 2.05) is 6.20 Å². The topological polar surface area (TPSA) is 47.3 Å². The summed E-state index contributed by atoms with van der Waals surface area (Å²) in [7, 11) is 0. The second-order valence-corrected chi connectivity index (χ2v) is 5.46. The first-order valence-corrected chi connectivity index (χ1v) is 7.52. The zero-order chi connectivity index (χ0) is 13.7. The number of nitrogens with zero attached hydrogens (tertiary/aromatic N) is 1. The molecule has 1 atom stereocenters. The Labute approximate surface area is 115 Å². The molecule has 4 heteroatoms. The van der Waals surface area contributed by atoms with Crippen molar-refractivity contribution >= 4 is 0 Å². The van der Waals surface area contributed by atoms with Gasteiger partial charge in [-0.3, -0.25) is 0 Å². The predicted molar refractivity (Wildman–Crippen MR) is 75.1 cm³/mol. The van der Waals surface area contributed by atoms with Crippen LogP contribution in [0, 0.1) is 5.92 Å². The second kappa shape index (κ2) is 7.06. The summed E-state index contributed by atoms with van der Waals surface area (Å²) < 4.78 is 11.4. The molecule has 1 aromatic rings. The summed E-state index contributed by atoms with van der Waals surface area (Å²) in [5.41, 5.74) is 0. The van der Waals surface area contributed by atoms with E-state index in [1.165, 1.54) is 0 Å². The Morgan fingerprint density at radius 3 is 2.95 bits per heavy atom. The van der Waals surface area contributed by atoms with Crippen LogP contribution in [0.3, 0.4) is 0 Å². The molecule has 1 aromatic heterocycles. The standard InChI is InChI=1S/C15H26N2O2/c1-4-6-16-11(3)15-17-10-14(19-15)9-12-7-13(8-12)18-5-2/h10-13,16H,4-9H2,1-3H3. The fraction of sp³-hybridized carbons (Fsp3) is 0.800. The van der Waals surface area contributed by atoms with Gasteiger partial charge >= 0.3 is 0 Å². The summed E-state index contributed by atoms with van der Waals surface area (Å²) in [4.78, 5) is 4.38. The SMILES string of the molecule is CCCNC(C)c1ncc(CC2CC(OCC)C2)o1. The largest absolute Gasteiger partial charge is 0.444 e. The van der Waals surface area contributed by atoms with E-state index in [0.717, 1.165) is 50.5 Å². The third-order valence-corrected chi connectivity index (χ3v) is 3.73. The summed E-state index contributed by atoms with van der Waals surface area (Å²) in [6.45, 7) is 8.13. The zero-order valence-electron chi connectivity index (χ0n) is 12.3. The Balaban J connectivity index is 1.75. The summed E-state index contributed by atoms with van der Waals surface area (Å²) in [5.74, 6) is 2.53. The number of aromatic nitrogens is 1. The first kappa shape index (κ1) is 14.5. The molecule has 1 fully saturated rings. The van der Waals surface area contributed by atoms with Crippen molar-refractivity contribution in [3.63, 3.8) is 0 Å². The van der Waals surface area contributed by atoms with E-state index in [1.54, 1.807) is 0 Å². The Morgan fingerprint density at radius 1 is 1.47 bits per heavy atom. The van der Waals surface area contributed by atoms with Crippen molar-refractivity contribution in [2.24, 2.45) is 5.92 Å². The van der Waals surface area contributed by atoms with E-state index < -0.39 is 0 Å². The number of nitrogens with one attached hydrogen (secondary N) is 1. The number of oxazole rings is 1. The monoisotopic (exact) mass is 266 g/mol. The van der Waals surface area contributed by atoms with E-state index in [4.69, 9.17) is 9.15 Å². The summed E-state index contributed by atoms with van der Waals surface area (Å²) in [6.07, 6.45) is 6.80. The molecular weight excluding hydrogens is 240 g/mol. The van der Waals surface area contributed by atoms with Crippen LogP contribution in [0.5, 0.6) is 0 Å². The van der Waals surface area contributed by atoms with E-state index in [-0.39, 0.29) is 6.04 Å². The maximum Gasteiger partial charge on any atom is 0.211 e. The minimum Gasteiger partial charge on any atom is -0.444 e. The fourth-order valence-electron chi connectivity index (χ4n) is 2.56. The van der Waals surface area contributed by atoms with Crippen LogP contribution >= 0.6 is 0 Å². The Bertz CT molecular complexity index is 372. The Hall–Kier alpha value is -0.870. The third-order valence-electron chi connectivity index (χ3n) is 3.73. The maximum atomic E-state index is 5.83. The first-order chi connectivity index (χ1) is 9.22. The smallest absolute Gasteiger partial charge is 0.211 e. The van der Waals surface area contributed by atoms with Crippen molar-refractivity contribution in [3.05, 3.63) is 17.8 Å². The van der Waals surface area contributed by atoms with Crippen molar-refractivity contribution in [3.8, 4) is 0 Å². The zero-order valence-corrected chi connectivity index (χ0v) is 12.3. The van der Waals surface area contributed by atoms with Gasteiger partial charge in [-0.15, -0.1) is 0 Å². The quantitative estimate of drug-likeness (QED) is 0.785. The molecule has 1 saturated carbocycles. The molecule has 1 aliphatic carbocycles. The summed E-state index contributed by atoms with van der Waals surface area (Å²) in [6, 6.07) is 0.200. The molecule has 2 rings (SSSR count). The van der Waals surface area contributed by atoms with Gasteiger partial charge in [0.1, 0.15) is 5.76 Å². The molecule has 19 heavy (non-hydrogen) atoms. The van der Waals surface area contributed by atoms with Crippen LogP contribution in [-0.4, -0.2) is 24.2 Å². The van der Waals surface area contributed by atoms with Gasteiger partial charge in [-0.2, -0.15) is 0 Å². The van der Waals surface area contributed by atoms with Crippen LogP contribution in [0.2, 0.25) is 0 Å². The van der Waals surface area contributed by atoms with Gasteiger partial charge < -0.3 is 14.5 Å². The summed E-state index contributed by atoms with van der Waals surface area (Å²) in [5, 5.41) is 3.39. The van der Waals surface area contributed by atoms with E-state index in [2.05, 4.69) is 31.1 Å². The maximum absolute atomic E-state index is 5.83. The van der Waals surface area contributed by atoms with E-state index in [9.17, 15) is 0 Å². The van der Waals surface area contributed by atoms with Gasteiger partial charge in [0.15, 0.2) is 0 Å². The predicted octanol–water partition coefficient (Wildman–Crippen LogP) is 3.09. The molecule has 108 valence electrons. The highest BCUT2D eigenvalue weighted by Crippen LogP contribution is 2.33. The number of hydrogen-bond acceptors (Lipinski definition) is 4. The van der Waals surface area contributed by atoms with Gasteiger partial charge in [0.25, 0.3) is 0 Å². The molecule has 1 aliphatic rings. The average molecular weight is 266 g/mol. The fourth-order valence-corrected chi connectivity index (χ4v) is 2.56. The van der Waals surface area contributed by atoms with Crippen molar-refractivity contribution in [2.75, 3.05) is 13.2 Å². The van der Waals surface area contributed by atoms with Gasteiger partial charge in [-0.25, -0.2) is 4.98 Å². The first-order valence-electron chi connectivity index (χ1n) is 7.52. The minimum atomic E-state index is 0.200. The highest BCUT2D eigenvalue weighted by molar-refractivity contribution is 5.00. The van der Waals surface area contributed by atoms with Crippen molar-refractivity contribution in [2.45, 2.75) is 58.6 Å². The van der Waals surface area contributed by atoms with Crippen LogP contribution in [0.1, 0.15) is 57.7 Å². The molecular formula is C15H26N2O2. The van der Waals surface area contributed by atoms with Crippen LogP contribution in [-0.2, 0) is 11.2 Å². The van der Waals surface area contributed by atoms with Gasteiger partial charge in [0.05, 0.1) is 18.3 Å². The molecule has 0 radical (unpaired) electrons. The van der Waals surface area contributed by atoms with Crippen LogP contribution in [0.4, 0.5) is 0 Å². The van der Waals surface area contributed by atoms with Crippen LogP contribution in [0.25, 0.3) is 0 Å². The van der Waals surface area contributed by atoms with Gasteiger partial charge in [0.2, 0.25) is 5.89 Å². The van der Waals surface area contributed by atoms with Crippen molar-refractivity contribution in [1.82, 2.24) is 10.3 Å². The van der Waals surface area contributed by atoms with Gasteiger partial charge in [0, 0.05) is 13.0 Å². The minimum absolute atomic E-state index is 0.200. The van der Waals surface area contributed by atoms with Crippen molar-refractivity contribution in [1.29, 1.82) is 0 Å². The lowest BCUT2D eigenvalue weighted by Gasteiger charge is -2.34. The van der Waals surface area contributed by atoms with Gasteiger partial charge in [-0.05, 0) is 45.6 Å². The molecule has 1 unspecified atom stereocenters. The normalized spacial score (nSPS) is 24.2. The third kappa shape index (κ3) is 4.05. The molecule has 0 aliphatic heterocycles. The number of rotatable bonds is 8. The molecule has 0 amide bonds. The highest BCUT2D eigenvalue weighted by Gasteiger charge is 2.30. The molecule has 0 bridgehead atoms. The average Bonchev–Trinajstić information content (AvgIpc) is 2.82. The molecule has 4 nitrogen and oxygen atoms in total. The second-order valence-electron chi connectivity index (χ2n) is 5.46. The number of hydrogen-bond donors (Lipinski definition) is 1.